The van der Waals surface area contributed by atoms with Crippen molar-refractivity contribution in [1.82, 2.24) is 18.9 Å². The maximum Gasteiger partial charge on any atom is 0.295 e. The molecule has 0 radical (unpaired) electrons. The molecule has 0 unspecified atom stereocenters. The van der Waals surface area contributed by atoms with Crippen LogP contribution in [0.3, 0.4) is 0 Å². The third-order valence-electron chi connectivity index (χ3n) is 8.49. The first-order valence-electron chi connectivity index (χ1n) is 16.4. The molecule has 0 saturated heterocycles. The normalized spacial score (nSPS) is 12.1. The van der Waals surface area contributed by atoms with Crippen molar-refractivity contribution in [2.24, 2.45) is 20.5 Å². The molecule has 0 aliphatic rings. The number of hydrogen-bond donors (Lipinski definition) is 4. The van der Waals surface area contributed by atoms with E-state index in [1.54, 1.807) is 13.8 Å². The third kappa shape index (κ3) is 8.12. The Morgan fingerprint density at radius 1 is 0.625 bits per heavy atom. The smallest absolute Gasteiger partial charge is 0.295 e. The molecule has 0 aliphatic carbocycles. The first kappa shape index (κ1) is 42.6. The Morgan fingerprint density at radius 3 is 1.21 bits per heavy atom. The average Bonchev–Trinajstić information content (AvgIpc) is 3.10. The first-order chi connectivity index (χ1) is 26.0. The van der Waals surface area contributed by atoms with E-state index in [1.165, 1.54) is 54.2 Å². The molecule has 56 heavy (non-hydrogen) atoms. The predicted octanol–water partition coefficient (Wildman–Crippen LogP) is 4.47. The quantitative estimate of drug-likeness (QED) is 0.121. The van der Waals surface area contributed by atoms with Gasteiger partial charge in [-0.1, -0.05) is 12.1 Å². The highest BCUT2D eigenvalue weighted by molar-refractivity contribution is 7.86. The lowest BCUT2D eigenvalue weighted by molar-refractivity contribution is 0.0817. The molecule has 22 heteroatoms. The number of aromatic hydroxyl groups is 2. The molecular weight excluding hydrogens is 777 g/mol. The van der Waals surface area contributed by atoms with Crippen molar-refractivity contribution in [2.75, 3.05) is 28.2 Å². The molecule has 0 bridgehead atoms. The number of carbonyl (C=O) groups excluding carboxylic acids is 2. The van der Waals surface area contributed by atoms with Crippen LogP contribution in [0.5, 0.6) is 11.8 Å². The number of rotatable bonds is 11. The summed E-state index contributed by atoms with van der Waals surface area (Å²) in [7, 11) is -4.62. The number of nitrogens with zero attached hydrogens (tertiary/aromatic N) is 8. The van der Waals surface area contributed by atoms with Crippen molar-refractivity contribution in [1.29, 1.82) is 0 Å². The fourth-order valence-corrected chi connectivity index (χ4v) is 7.07. The fourth-order valence-electron chi connectivity index (χ4n) is 5.62. The predicted molar refractivity (Wildman–Crippen MR) is 201 cm³/mol. The number of benzene rings is 2. The van der Waals surface area contributed by atoms with Crippen LogP contribution >= 0.6 is 0 Å². The largest absolute Gasteiger partial charge is 0.493 e. The summed E-state index contributed by atoms with van der Waals surface area (Å²) in [5.74, 6) is -2.61. The minimum Gasteiger partial charge on any atom is -0.493 e. The van der Waals surface area contributed by atoms with E-state index in [2.05, 4.69) is 20.5 Å². The highest BCUT2D eigenvalue weighted by Crippen LogP contribution is 2.39. The second-order valence-corrected chi connectivity index (χ2v) is 15.3. The van der Waals surface area contributed by atoms with E-state index < -0.39 is 75.8 Å². The van der Waals surface area contributed by atoms with Gasteiger partial charge in [0.1, 0.15) is 32.3 Å². The van der Waals surface area contributed by atoms with Crippen molar-refractivity contribution in [3.63, 3.8) is 0 Å². The molecule has 2 amide bonds. The number of azo groups is 2. The van der Waals surface area contributed by atoms with Gasteiger partial charge in [0.2, 0.25) is 11.8 Å². The van der Waals surface area contributed by atoms with Crippen LogP contribution in [-0.4, -0.2) is 95.1 Å². The second-order valence-electron chi connectivity index (χ2n) is 12.6. The summed E-state index contributed by atoms with van der Waals surface area (Å²) in [4.78, 5) is 52.1. The van der Waals surface area contributed by atoms with Crippen molar-refractivity contribution < 1.29 is 45.7 Å². The van der Waals surface area contributed by atoms with Crippen molar-refractivity contribution in [2.45, 2.75) is 50.6 Å². The first-order valence-corrected chi connectivity index (χ1v) is 19.3. The molecule has 298 valence electrons. The van der Waals surface area contributed by atoms with Gasteiger partial charge in [0, 0.05) is 63.5 Å². The maximum absolute atomic E-state index is 13.0. The molecule has 4 N–H and O–H groups in total. The van der Waals surface area contributed by atoms with Crippen LogP contribution in [0.2, 0.25) is 0 Å². The SMILES string of the molecule is CCn1c(O)c(N=Nc2ccc(-c3ccc(N=Nc4c(C)c(C(=O)N(C)C)c(=O)n(CC)c4O)cc3S(=O)(=O)O)c(S(=O)(=O)O)c2)c(C)c(C(=O)N(C)C)c1=O. The second kappa shape index (κ2) is 15.9. The zero-order valence-electron chi connectivity index (χ0n) is 31.3. The fraction of sp³-hybridized carbons (Fsp3) is 0.294. The Labute approximate surface area is 320 Å². The van der Waals surface area contributed by atoms with Gasteiger partial charge >= 0.3 is 0 Å². The van der Waals surface area contributed by atoms with E-state index in [0.717, 1.165) is 43.2 Å². The van der Waals surface area contributed by atoms with Gasteiger partial charge in [0.25, 0.3) is 43.2 Å². The molecule has 0 atom stereocenters. The summed E-state index contributed by atoms with van der Waals surface area (Å²) < 4.78 is 72.8. The summed E-state index contributed by atoms with van der Waals surface area (Å²) in [5, 5.41) is 37.4. The number of amides is 2. The van der Waals surface area contributed by atoms with E-state index in [9.17, 15) is 55.3 Å². The van der Waals surface area contributed by atoms with E-state index in [0.29, 0.717) is 0 Å². The van der Waals surface area contributed by atoms with Crippen LogP contribution in [-0.2, 0) is 33.3 Å². The lowest BCUT2D eigenvalue weighted by atomic mass is 10.0. The topological polar surface area (TPSA) is 283 Å². The van der Waals surface area contributed by atoms with Crippen LogP contribution in [0.1, 0.15) is 45.7 Å². The van der Waals surface area contributed by atoms with Gasteiger partial charge in [-0.2, -0.15) is 27.1 Å². The van der Waals surface area contributed by atoms with Gasteiger partial charge in [-0.05, 0) is 52.0 Å². The van der Waals surface area contributed by atoms with Gasteiger partial charge in [0.15, 0.2) is 0 Å². The summed E-state index contributed by atoms with van der Waals surface area (Å²) in [6, 6.07) is 6.10. The van der Waals surface area contributed by atoms with Gasteiger partial charge in [0.05, 0.1) is 11.4 Å². The van der Waals surface area contributed by atoms with Crippen LogP contribution < -0.4 is 11.1 Å². The van der Waals surface area contributed by atoms with Crippen LogP contribution in [0.25, 0.3) is 11.1 Å². The van der Waals surface area contributed by atoms with Crippen molar-refractivity contribution in [3.8, 4) is 22.9 Å². The lowest BCUT2D eigenvalue weighted by Crippen LogP contribution is -2.33. The molecule has 20 nitrogen and oxygen atoms in total. The monoisotopic (exact) mass is 814 g/mol. The highest BCUT2D eigenvalue weighted by Gasteiger charge is 2.28. The van der Waals surface area contributed by atoms with E-state index >= 15 is 0 Å². The molecule has 2 aromatic heterocycles. The summed E-state index contributed by atoms with van der Waals surface area (Å²) in [6.45, 7) is 5.70. The third-order valence-corrected chi connectivity index (χ3v) is 10.3. The minimum absolute atomic E-state index is 0.0267. The zero-order valence-corrected chi connectivity index (χ0v) is 33.0. The maximum atomic E-state index is 13.0. The Hall–Kier alpha value is -6.10. The van der Waals surface area contributed by atoms with E-state index in [4.69, 9.17) is 0 Å². The Kier molecular flexibility index (Phi) is 12.1. The molecule has 0 saturated carbocycles. The highest BCUT2D eigenvalue weighted by atomic mass is 32.2. The molecule has 0 spiro atoms. The summed E-state index contributed by atoms with van der Waals surface area (Å²) in [5.41, 5.74) is -4.10. The lowest BCUT2D eigenvalue weighted by Gasteiger charge is -2.17. The molecular formula is C34H38N8O12S2. The number of carbonyl (C=O) groups is 2. The van der Waals surface area contributed by atoms with Crippen molar-refractivity contribution in [3.05, 3.63) is 79.4 Å². The summed E-state index contributed by atoms with van der Waals surface area (Å²) in [6.07, 6.45) is 0. The number of aromatic nitrogens is 2. The Morgan fingerprint density at radius 2 is 0.946 bits per heavy atom. The average molecular weight is 815 g/mol. The van der Waals surface area contributed by atoms with Gasteiger partial charge in [-0.15, -0.1) is 10.2 Å². The van der Waals surface area contributed by atoms with E-state index in [-0.39, 0.29) is 58.1 Å². The van der Waals surface area contributed by atoms with Crippen LogP contribution in [0, 0.1) is 13.8 Å². The van der Waals surface area contributed by atoms with Crippen LogP contribution in [0.15, 0.2) is 76.2 Å². The van der Waals surface area contributed by atoms with Crippen molar-refractivity contribution >= 4 is 54.8 Å². The number of hydrogen-bond acceptors (Lipinski definition) is 14. The zero-order chi connectivity index (χ0) is 42.2. The molecule has 4 rings (SSSR count). The summed E-state index contributed by atoms with van der Waals surface area (Å²) >= 11 is 0. The molecule has 2 aromatic carbocycles. The standard InChI is InChI=1S/C34H38N8O12S2/c1-9-41-31(45)25(29(43)39(5)6)17(3)27(33(41)47)37-35-19-11-13-21(23(15-19)55(49,50)51)22-14-12-20(16-24(22)56(52,53)54)36-38-28-18(4)26(30(44)40(7)8)32(46)42(10-2)34(28)48/h11-16,47-48H,9-10H2,1-8H3,(H,49,50,51)(H,52,53,54). The molecule has 2 heterocycles. The Bertz CT molecular complexity index is 2520. The van der Waals surface area contributed by atoms with Gasteiger partial charge < -0.3 is 20.0 Å². The van der Waals surface area contributed by atoms with E-state index in [1.807, 2.05) is 0 Å². The Balaban J connectivity index is 1.88. The van der Waals surface area contributed by atoms with Crippen LogP contribution in [0.4, 0.5) is 22.7 Å². The van der Waals surface area contributed by atoms with Gasteiger partial charge in [-0.25, -0.2) is 0 Å². The molecule has 0 fully saturated rings. The number of pyridine rings is 2. The molecule has 0 aliphatic heterocycles. The van der Waals surface area contributed by atoms with Gasteiger partial charge in [-0.3, -0.25) is 37.4 Å². The minimum atomic E-state index is -5.15. The molecule has 4 aromatic rings.